The minimum absolute atomic E-state index is 0.00286. The summed E-state index contributed by atoms with van der Waals surface area (Å²) in [4.78, 5) is 22.4. The second-order valence-electron chi connectivity index (χ2n) is 5.24. The van der Waals surface area contributed by atoms with Crippen molar-refractivity contribution >= 4 is 41.2 Å². The lowest BCUT2D eigenvalue weighted by Gasteiger charge is -2.24. The number of rotatable bonds is 6. The lowest BCUT2D eigenvalue weighted by Crippen LogP contribution is -2.42. The molecule has 0 bridgehead atoms. The second-order valence-corrected chi connectivity index (χ2v) is 6.03. The molecule has 6 heteroatoms. The van der Waals surface area contributed by atoms with Crippen molar-refractivity contribution in [1.29, 1.82) is 0 Å². The van der Waals surface area contributed by atoms with Gasteiger partial charge in [-0.05, 0) is 38.0 Å². The number of hydrogen-bond donors (Lipinski definition) is 2. The fraction of sp³-hybridized carbons (Fsp3) is 0.333. The highest BCUT2D eigenvalue weighted by Crippen LogP contribution is 2.26. The number of aliphatic carboxylic acids is 1. The van der Waals surface area contributed by atoms with Crippen LogP contribution in [-0.2, 0) is 9.59 Å². The van der Waals surface area contributed by atoms with Gasteiger partial charge in [0.1, 0.15) is 0 Å². The maximum Gasteiger partial charge on any atom is 0.303 e. The Morgan fingerprint density at radius 1 is 1.33 bits per heavy atom. The van der Waals surface area contributed by atoms with Crippen LogP contribution in [0.25, 0.3) is 6.08 Å². The van der Waals surface area contributed by atoms with Crippen LogP contribution in [0.5, 0.6) is 0 Å². The van der Waals surface area contributed by atoms with Crippen LogP contribution in [0.3, 0.4) is 0 Å². The molecule has 0 aliphatic carbocycles. The Labute approximate surface area is 133 Å². The molecule has 0 aliphatic heterocycles. The van der Waals surface area contributed by atoms with Crippen LogP contribution in [0.15, 0.2) is 24.3 Å². The van der Waals surface area contributed by atoms with E-state index in [1.807, 2.05) is 0 Å². The average molecular weight is 330 g/mol. The first-order chi connectivity index (χ1) is 9.71. The monoisotopic (exact) mass is 329 g/mol. The number of carbonyl (C=O) groups is 2. The van der Waals surface area contributed by atoms with Gasteiger partial charge in [0.15, 0.2) is 0 Å². The molecule has 0 heterocycles. The smallest absolute Gasteiger partial charge is 0.303 e. The number of carbonyl (C=O) groups excluding carboxylic acids is 1. The topological polar surface area (TPSA) is 66.4 Å². The van der Waals surface area contributed by atoms with Gasteiger partial charge in [0, 0.05) is 18.0 Å². The summed E-state index contributed by atoms with van der Waals surface area (Å²) in [5.41, 5.74) is 0.0421. The summed E-state index contributed by atoms with van der Waals surface area (Å²) in [6, 6.07) is 5.15. The normalized spacial score (nSPS) is 11.6. The van der Waals surface area contributed by atoms with Crippen molar-refractivity contribution in [2.45, 2.75) is 32.2 Å². The molecule has 2 N–H and O–H groups in total. The van der Waals surface area contributed by atoms with Crippen molar-refractivity contribution in [3.63, 3.8) is 0 Å². The fourth-order valence-electron chi connectivity index (χ4n) is 1.67. The van der Waals surface area contributed by atoms with E-state index in [1.165, 1.54) is 6.08 Å². The molecular weight excluding hydrogens is 313 g/mol. The third-order valence-corrected chi connectivity index (χ3v) is 3.65. The van der Waals surface area contributed by atoms with E-state index < -0.39 is 11.5 Å². The molecule has 0 fully saturated rings. The van der Waals surface area contributed by atoms with Crippen molar-refractivity contribution < 1.29 is 14.7 Å². The number of nitrogens with one attached hydrogen (secondary N) is 1. The van der Waals surface area contributed by atoms with Gasteiger partial charge in [-0.2, -0.15) is 0 Å². The largest absolute Gasteiger partial charge is 0.481 e. The Kier molecular flexibility index (Phi) is 6.24. The Morgan fingerprint density at radius 3 is 2.62 bits per heavy atom. The molecule has 1 amide bonds. The van der Waals surface area contributed by atoms with Gasteiger partial charge in [0.25, 0.3) is 0 Å². The van der Waals surface area contributed by atoms with E-state index in [1.54, 1.807) is 38.1 Å². The molecular formula is C15H17Cl2NO3. The first-order valence-electron chi connectivity index (χ1n) is 6.37. The van der Waals surface area contributed by atoms with E-state index in [0.717, 1.165) is 0 Å². The molecule has 1 aromatic rings. The highest BCUT2D eigenvalue weighted by molar-refractivity contribution is 6.42. The number of hydrogen-bond acceptors (Lipinski definition) is 2. The zero-order valence-electron chi connectivity index (χ0n) is 11.8. The van der Waals surface area contributed by atoms with Crippen LogP contribution in [0.2, 0.25) is 10.0 Å². The van der Waals surface area contributed by atoms with Crippen molar-refractivity contribution in [3.05, 3.63) is 39.9 Å². The van der Waals surface area contributed by atoms with Crippen molar-refractivity contribution in [2.75, 3.05) is 0 Å². The van der Waals surface area contributed by atoms with Crippen molar-refractivity contribution in [1.82, 2.24) is 5.32 Å². The van der Waals surface area contributed by atoms with Crippen LogP contribution >= 0.6 is 23.2 Å². The zero-order valence-corrected chi connectivity index (χ0v) is 13.3. The van der Waals surface area contributed by atoms with Crippen molar-refractivity contribution in [3.8, 4) is 0 Å². The summed E-state index contributed by atoms with van der Waals surface area (Å²) in [7, 11) is 0. The average Bonchev–Trinajstić information content (AvgIpc) is 2.38. The number of carboxylic acid groups (broad SMARTS) is 1. The second kappa shape index (κ2) is 7.48. The van der Waals surface area contributed by atoms with Gasteiger partial charge < -0.3 is 10.4 Å². The van der Waals surface area contributed by atoms with E-state index in [4.69, 9.17) is 28.3 Å². The number of amides is 1. The molecule has 0 atom stereocenters. The zero-order chi connectivity index (χ0) is 16.0. The van der Waals surface area contributed by atoms with Gasteiger partial charge in [-0.15, -0.1) is 0 Å². The quantitative estimate of drug-likeness (QED) is 0.781. The van der Waals surface area contributed by atoms with Gasteiger partial charge in [0.05, 0.1) is 10.0 Å². The molecule has 0 saturated carbocycles. The molecule has 0 aromatic heterocycles. The summed E-state index contributed by atoms with van der Waals surface area (Å²) in [6.07, 6.45) is 3.26. The van der Waals surface area contributed by atoms with Gasteiger partial charge in [-0.25, -0.2) is 0 Å². The molecule has 0 unspecified atom stereocenters. The van der Waals surface area contributed by atoms with Crippen LogP contribution in [-0.4, -0.2) is 22.5 Å². The summed E-state index contributed by atoms with van der Waals surface area (Å²) in [5.74, 6) is -1.21. The van der Waals surface area contributed by atoms with E-state index in [2.05, 4.69) is 5.32 Å². The Hall–Kier alpha value is -1.52. The Balaban J connectivity index is 2.66. The Morgan fingerprint density at radius 2 is 2.00 bits per heavy atom. The van der Waals surface area contributed by atoms with Gasteiger partial charge >= 0.3 is 5.97 Å². The van der Waals surface area contributed by atoms with E-state index in [-0.39, 0.29) is 12.3 Å². The molecule has 1 rings (SSSR count). The van der Waals surface area contributed by atoms with Gasteiger partial charge in [-0.1, -0.05) is 35.3 Å². The Bertz CT molecular complexity index is 568. The predicted octanol–water partition coefficient (Wildman–Crippen LogP) is 3.77. The summed E-state index contributed by atoms with van der Waals surface area (Å²) in [5, 5.41) is 12.2. The SMILES string of the molecule is CC(C)(CCC(=O)O)NC(=O)C=Cc1cccc(Cl)c1Cl. The number of benzene rings is 1. The molecule has 0 radical (unpaired) electrons. The molecule has 21 heavy (non-hydrogen) atoms. The molecule has 114 valence electrons. The lowest BCUT2D eigenvalue weighted by atomic mass is 9.98. The van der Waals surface area contributed by atoms with Gasteiger partial charge in [0.2, 0.25) is 5.91 Å². The van der Waals surface area contributed by atoms with Crippen LogP contribution in [0.1, 0.15) is 32.3 Å². The highest BCUT2D eigenvalue weighted by Gasteiger charge is 2.20. The van der Waals surface area contributed by atoms with Gasteiger partial charge in [-0.3, -0.25) is 9.59 Å². The van der Waals surface area contributed by atoms with Crippen molar-refractivity contribution in [2.24, 2.45) is 0 Å². The third-order valence-electron chi connectivity index (χ3n) is 2.82. The van der Waals surface area contributed by atoms with Crippen LogP contribution in [0, 0.1) is 0 Å². The maximum absolute atomic E-state index is 11.9. The molecule has 0 saturated heterocycles. The van der Waals surface area contributed by atoms with E-state index >= 15 is 0 Å². The first kappa shape index (κ1) is 17.5. The maximum atomic E-state index is 11.9. The minimum atomic E-state index is -0.890. The number of halogens is 2. The van der Waals surface area contributed by atoms with Crippen LogP contribution < -0.4 is 5.32 Å². The molecule has 4 nitrogen and oxygen atoms in total. The fourth-order valence-corrected chi connectivity index (χ4v) is 2.04. The first-order valence-corrected chi connectivity index (χ1v) is 7.13. The summed E-state index contributed by atoms with van der Waals surface area (Å²) >= 11 is 11.9. The lowest BCUT2D eigenvalue weighted by molar-refractivity contribution is -0.137. The number of carboxylic acids is 1. The van der Waals surface area contributed by atoms with Crippen LogP contribution in [0.4, 0.5) is 0 Å². The summed E-state index contributed by atoms with van der Waals surface area (Å²) in [6.45, 7) is 3.54. The standard InChI is InChI=1S/C15H17Cl2NO3/c1-15(2,9-8-13(20)21)18-12(19)7-6-10-4-3-5-11(16)14(10)17/h3-7H,8-9H2,1-2H3,(H,18,19)(H,20,21). The van der Waals surface area contributed by atoms with E-state index in [9.17, 15) is 9.59 Å². The highest BCUT2D eigenvalue weighted by atomic mass is 35.5. The molecule has 0 aliphatic rings. The predicted molar refractivity (Wildman–Crippen MR) is 84.6 cm³/mol. The molecule has 1 aromatic carbocycles. The summed E-state index contributed by atoms with van der Waals surface area (Å²) < 4.78 is 0. The van der Waals surface area contributed by atoms with E-state index in [0.29, 0.717) is 22.0 Å². The third kappa shape index (κ3) is 6.19. The minimum Gasteiger partial charge on any atom is -0.481 e. The molecule has 0 spiro atoms.